The van der Waals surface area contributed by atoms with Crippen molar-refractivity contribution in [1.82, 2.24) is 0 Å². The summed E-state index contributed by atoms with van der Waals surface area (Å²) in [4.78, 5) is 0. The average molecular weight is 189 g/mol. The highest BCUT2D eigenvalue weighted by Crippen LogP contribution is 2.23. The van der Waals surface area contributed by atoms with E-state index >= 15 is 0 Å². The fraction of sp³-hybridized carbons (Fsp3) is 0.385. The first kappa shape index (κ1) is 11.0. The van der Waals surface area contributed by atoms with Crippen LogP contribution < -0.4 is 5.73 Å². The fourth-order valence-corrected chi connectivity index (χ4v) is 2.08. The summed E-state index contributed by atoms with van der Waals surface area (Å²) < 4.78 is 0. The molecular weight excluding hydrogens is 170 g/mol. The van der Waals surface area contributed by atoms with Crippen molar-refractivity contribution in [3.8, 4) is 0 Å². The largest absolute Gasteiger partial charge is 0.327 e. The molecule has 0 aromatic heterocycles. The van der Waals surface area contributed by atoms with E-state index in [1.807, 2.05) is 0 Å². The number of hydrogen-bond donors (Lipinski definition) is 1. The van der Waals surface area contributed by atoms with Gasteiger partial charge in [-0.05, 0) is 50.0 Å². The summed E-state index contributed by atoms with van der Waals surface area (Å²) in [6.07, 6.45) is 2.07. The van der Waals surface area contributed by atoms with Crippen LogP contribution >= 0.6 is 0 Å². The SMILES string of the molecule is C/C(=C\CN)c1c(C)cc(C)cc1C. The number of allylic oxidation sites excluding steroid dienone is 1. The van der Waals surface area contributed by atoms with Crippen LogP contribution in [0.15, 0.2) is 18.2 Å². The second-order valence-corrected chi connectivity index (χ2v) is 3.90. The normalized spacial score (nSPS) is 11.9. The molecule has 0 spiro atoms. The van der Waals surface area contributed by atoms with Crippen molar-refractivity contribution in [2.45, 2.75) is 27.7 Å². The number of aryl methyl sites for hydroxylation is 3. The Balaban J connectivity index is 3.27. The quantitative estimate of drug-likeness (QED) is 0.760. The van der Waals surface area contributed by atoms with Gasteiger partial charge in [-0.2, -0.15) is 0 Å². The van der Waals surface area contributed by atoms with Gasteiger partial charge in [0.05, 0.1) is 0 Å². The molecule has 0 amide bonds. The maximum absolute atomic E-state index is 5.52. The molecule has 0 radical (unpaired) electrons. The third-order valence-electron chi connectivity index (χ3n) is 2.50. The van der Waals surface area contributed by atoms with Crippen molar-refractivity contribution in [3.63, 3.8) is 0 Å². The average Bonchev–Trinajstić information content (AvgIpc) is 2.01. The van der Waals surface area contributed by atoms with E-state index in [2.05, 4.69) is 45.9 Å². The molecule has 0 unspecified atom stereocenters. The van der Waals surface area contributed by atoms with E-state index in [4.69, 9.17) is 5.73 Å². The molecule has 0 bridgehead atoms. The van der Waals surface area contributed by atoms with E-state index in [-0.39, 0.29) is 0 Å². The third kappa shape index (κ3) is 2.24. The fourth-order valence-electron chi connectivity index (χ4n) is 2.08. The Hall–Kier alpha value is -1.08. The van der Waals surface area contributed by atoms with Crippen LogP contribution in [-0.4, -0.2) is 6.54 Å². The van der Waals surface area contributed by atoms with Gasteiger partial charge in [0.2, 0.25) is 0 Å². The van der Waals surface area contributed by atoms with Crippen LogP contribution in [0.5, 0.6) is 0 Å². The summed E-state index contributed by atoms with van der Waals surface area (Å²) in [5, 5.41) is 0. The Morgan fingerprint density at radius 2 is 1.71 bits per heavy atom. The van der Waals surface area contributed by atoms with Crippen molar-refractivity contribution in [2.24, 2.45) is 5.73 Å². The molecule has 0 saturated heterocycles. The molecule has 0 heterocycles. The molecule has 0 fully saturated rings. The molecule has 0 saturated carbocycles. The van der Waals surface area contributed by atoms with Crippen LogP contribution in [0.3, 0.4) is 0 Å². The van der Waals surface area contributed by atoms with Crippen LogP contribution in [-0.2, 0) is 0 Å². The molecule has 1 rings (SSSR count). The Bertz CT molecular complexity index is 338. The summed E-state index contributed by atoms with van der Waals surface area (Å²) in [7, 11) is 0. The van der Waals surface area contributed by atoms with Gasteiger partial charge in [-0.15, -0.1) is 0 Å². The Morgan fingerprint density at radius 3 is 2.14 bits per heavy atom. The molecule has 1 nitrogen and oxygen atoms in total. The smallest absolute Gasteiger partial charge is 0.0112 e. The molecule has 2 N–H and O–H groups in total. The van der Waals surface area contributed by atoms with E-state index < -0.39 is 0 Å². The summed E-state index contributed by atoms with van der Waals surface area (Å²) in [5.74, 6) is 0. The van der Waals surface area contributed by atoms with E-state index in [9.17, 15) is 0 Å². The summed E-state index contributed by atoms with van der Waals surface area (Å²) in [5.41, 5.74) is 12.1. The van der Waals surface area contributed by atoms with Crippen molar-refractivity contribution < 1.29 is 0 Å². The van der Waals surface area contributed by atoms with Gasteiger partial charge in [0.1, 0.15) is 0 Å². The van der Waals surface area contributed by atoms with Gasteiger partial charge >= 0.3 is 0 Å². The van der Waals surface area contributed by atoms with E-state index in [1.54, 1.807) is 0 Å². The van der Waals surface area contributed by atoms with Crippen molar-refractivity contribution in [3.05, 3.63) is 40.5 Å². The van der Waals surface area contributed by atoms with Gasteiger partial charge in [0, 0.05) is 6.54 Å². The van der Waals surface area contributed by atoms with E-state index in [0.717, 1.165) is 0 Å². The molecule has 1 heteroatoms. The molecule has 1 aromatic rings. The van der Waals surface area contributed by atoms with Crippen molar-refractivity contribution in [2.75, 3.05) is 6.54 Å². The lowest BCUT2D eigenvalue weighted by molar-refractivity contribution is 1.23. The molecule has 0 aliphatic heterocycles. The van der Waals surface area contributed by atoms with Crippen LogP contribution in [0.4, 0.5) is 0 Å². The predicted molar refractivity (Wildman–Crippen MR) is 63.4 cm³/mol. The minimum Gasteiger partial charge on any atom is -0.327 e. The highest BCUT2D eigenvalue weighted by atomic mass is 14.5. The molecule has 0 aliphatic rings. The Morgan fingerprint density at radius 1 is 1.21 bits per heavy atom. The van der Waals surface area contributed by atoms with E-state index in [0.29, 0.717) is 6.54 Å². The van der Waals surface area contributed by atoms with Crippen LogP contribution in [0.25, 0.3) is 5.57 Å². The summed E-state index contributed by atoms with van der Waals surface area (Å²) >= 11 is 0. The third-order valence-corrected chi connectivity index (χ3v) is 2.50. The Kier molecular flexibility index (Phi) is 3.48. The number of rotatable bonds is 2. The number of nitrogens with two attached hydrogens (primary N) is 1. The summed E-state index contributed by atoms with van der Waals surface area (Å²) in [6, 6.07) is 4.44. The highest BCUT2D eigenvalue weighted by molar-refractivity contribution is 5.69. The second kappa shape index (κ2) is 4.43. The zero-order chi connectivity index (χ0) is 10.7. The molecule has 14 heavy (non-hydrogen) atoms. The maximum Gasteiger partial charge on any atom is 0.0112 e. The first-order valence-corrected chi connectivity index (χ1v) is 5.01. The Labute approximate surface area is 86.6 Å². The van der Waals surface area contributed by atoms with Crippen molar-refractivity contribution >= 4 is 5.57 Å². The molecule has 0 atom stereocenters. The zero-order valence-corrected chi connectivity index (χ0v) is 9.52. The van der Waals surface area contributed by atoms with E-state index in [1.165, 1.54) is 27.8 Å². The van der Waals surface area contributed by atoms with Gasteiger partial charge in [-0.25, -0.2) is 0 Å². The number of benzene rings is 1. The maximum atomic E-state index is 5.52. The first-order valence-electron chi connectivity index (χ1n) is 5.01. The zero-order valence-electron chi connectivity index (χ0n) is 9.52. The van der Waals surface area contributed by atoms with Crippen LogP contribution in [0.2, 0.25) is 0 Å². The van der Waals surface area contributed by atoms with Gasteiger partial charge in [0.25, 0.3) is 0 Å². The summed E-state index contributed by atoms with van der Waals surface area (Å²) in [6.45, 7) is 9.17. The molecular formula is C13H19N. The standard InChI is InChI=1S/C13H19N/c1-9-7-11(3)13(12(4)8-9)10(2)5-6-14/h5,7-8H,6,14H2,1-4H3/b10-5+. The van der Waals surface area contributed by atoms with Gasteiger partial charge in [-0.1, -0.05) is 23.8 Å². The molecule has 1 aromatic carbocycles. The van der Waals surface area contributed by atoms with Gasteiger partial charge < -0.3 is 5.73 Å². The lowest BCUT2D eigenvalue weighted by Crippen LogP contribution is -1.97. The second-order valence-electron chi connectivity index (χ2n) is 3.90. The van der Waals surface area contributed by atoms with Gasteiger partial charge in [-0.3, -0.25) is 0 Å². The van der Waals surface area contributed by atoms with Crippen LogP contribution in [0, 0.1) is 20.8 Å². The predicted octanol–water partition coefficient (Wildman–Crippen LogP) is 2.97. The first-order chi connectivity index (χ1) is 6.56. The highest BCUT2D eigenvalue weighted by Gasteiger charge is 2.04. The minimum atomic E-state index is 0.610. The lowest BCUT2D eigenvalue weighted by atomic mass is 9.94. The minimum absolute atomic E-state index is 0.610. The molecule has 0 aliphatic carbocycles. The lowest BCUT2D eigenvalue weighted by Gasteiger charge is -2.11. The van der Waals surface area contributed by atoms with Crippen LogP contribution in [0.1, 0.15) is 29.2 Å². The van der Waals surface area contributed by atoms with Crippen molar-refractivity contribution in [1.29, 1.82) is 0 Å². The monoisotopic (exact) mass is 189 g/mol. The molecule has 76 valence electrons. The van der Waals surface area contributed by atoms with Gasteiger partial charge in [0.15, 0.2) is 0 Å². The number of hydrogen-bond acceptors (Lipinski definition) is 1. The topological polar surface area (TPSA) is 26.0 Å².